The van der Waals surface area contributed by atoms with Gasteiger partial charge in [-0.3, -0.25) is 0 Å². The molecule has 1 aliphatic heterocycles. The van der Waals surface area contributed by atoms with Crippen molar-refractivity contribution in [2.24, 2.45) is 5.92 Å². The lowest BCUT2D eigenvalue weighted by molar-refractivity contribution is -0.172. The Labute approximate surface area is 82.7 Å². The molecule has 0 aromatic carbocycles. The lowest BCUT2D eigenvalue weighted by Gasteiger charge is -2.25. The second-order valence-electron chi connectivity index (χ2n) is 3.30. The Balaban J connectivity index is 2.29. The molecule has 1 rings (SSSR count). The van der Waals surface area contributed by atoms with Gasteiger partial charge in [-0.2, -0.15) is 0 Å². The fraction of sp³-hybridized carbons (Fsp3) is 1.00. The second-order valence-corrected chi connectivity index (χ2v) is 3.95. The number of alkyl halides is 1. The van der Waals surface area contributed by atoms with Gasteiger partial charge in [-0.25, -0.2) is 0 Å². The van der Waals surface area contributed by atoms with Crippen molar-refractivity contribution >= 4 is 15.9 Å². The van der Waals surface area contributed by atoms with E-state index in [1.165, 1.54) is 19.3 Å². The van der Waals surface area contributed by atoms with Crippen LogP contribution in [0.15, 0.2) is 0 Å². The van der Waals surface area contributed by atoms with Crippen molar-refractivity contribution in [2.45, 2.75) is 32.5 Å². The monoisotopic (exact) mass is 236 g/mol. The largest absolute Gasteiger partial charge is 0.352 e. The van der Waals surface area contributed by atoms with Crippen LogP contribution in [-0.4, -0.2) is 24.8 Å². The van der Waals surface area contributed by atoms with Gasteiger partial charge in [0.25, 0.3) is 0 Å². The first kappa shape index (κ1) is 10.5. The number of hydrogen-bond donors (Lipinski definition) is 0. The van der Waals surface area contributed by atoms with Gasteiger partial charge in [0.05, 0.1) is 0 Å². The fourth-order valence-electron chi connectivity index (χ4n) is 1.23. The lowest BCUT2D eigenvalue weighted by atomic mass is 10.2. The number of rotatable bonds is 2. The predicted octanol–water partition coefficient (Wildman–Crippen LogP) is 2.56. The van der Waals surface area contributed by atoms with Gasteiger partial charge in [-0.15, -0.1) is 0 Å². The van der Waals surface area contributed by atoms with Gasteiger partial charge < -0.3 is 9.47 Å². The SMILES string of the molecule is CC(CBr)C1OCCCCCO1. The Bertz CT molecular complexity index is 111. The van der Waals surface area contributed by atoms with Crippen LogP contribution in [0.5, 0.6) is 0 Å². The first-order chi connectivity index (χ1) is 5.84. The third-order valence-corrected chi connectivity index (χ3v) is 3.08. The molecule has 72 valence electrons. The second kappa shape index (κ2) is 5.95. The number of halogens is 1. The third kappa shape index (κ3) is 3.42. The Hall–Kier alpha value is 0.400. The molecule has 0 spiro atoms. The van der Waals surface area contributed by atoms with E-state index in [4.69, 9.17) is 9.47 Å². The Kier molecular flexibility index (Phi) is 5.19. The fourth-order valence-corrected chi connectivity index (χ4v) is 1.53. The van der Waals surface area contributed by atoms with E-state index in [1.54, 1.807) is 0 Å². The van der Waals surface area contributed by atoms with E-state index in [0.29, 0.717) is 5.92 Å². The summed E-state index contributed by atoms with van der Waals surface area (Å²) in [6.07, 6.45) is 3.59. The maximum atomic E-state index is 5.58. The minimum atomic E-state index is 0.00433. The molecule has 1 unspecified atom stereocenters. The highest BCUT2D eigenvalue weighted by atomic mass is 79.9. The minimum absolute atomic E-state index is 0.00433. The lowest BCUT2D eigenvalue weighted by Crippen LogP contribution is -2.28. The van der Waals surface area contributed by atoms with Crippen LogP contribution in [0.4, 0.5) is 0 Å². The highest BCUT2D eigenvalue weighted by molar-refractivity contribution is 9.09. The third-order valence-electron chi connectivity index (χ3n) is 2.06. The molecule has 12 heavy (non-hydrogen) atoms. The molecule has 0 aliphatic carbocycles. The van der Waals surface area contributed by atoms with Crippen LogP contribution >= 0.6 is 15.9 Å². The summed E-state index contributed by atoms with van der Waals surface area (Å²) >= 11 is 3.44. The molecule has 1 heterocycles. The first-order valence-electron chi connectivity index (χ1n) is 4.63. The standard InChI is InChI=1S/C9H17BrO2/c1-8(7-10)9-11-5-3-2-4-6-12-9/h8-9H,2-7H2,1H3. The normalized spacial score (nSPS) is 24.5. The van der Waals surface area contributed by atoms with Crippen molar-refractivity contribution in [3.05, 3.63) is 0 Å². The summed E-state index contributed by atoms with van der Waals surface area (Å²) in [7, 11) is 0. The van der Waals surface area contributed by atoms with Crippen LogP contribution in [0, 0.1) is 5.92 Å². The number of ether oxygens (including phenoxy) is 2. The molecular weight excluding hydrogens is 220 g/mol. The first-order valence-corrected chi connectivity index (χ1v) is 5.76. The average molecular weight is 237 g/mol. The molecule has 1 saturated heterocycles. The average Bonchev–Trinajstić information content (AvgIpc) is 2.02. The summed E-state index contributed by atoms with van der Waals surface area (Å²) in [6.45, 7) is 3.84. The molecule has 0 N–H and O–H groups in total. The molecule has 0 bridgehead atoms. The van der Waals surface area contributed by atoms with Crippen LogP contribution in [0.3, 0.4) is 0 Å². The van der Waals surface area contributed by atoms with Gasteiger partial charge in [0, 0.05) is 24.5 Å². The van der Waals surface area contributed by atoms with E-state index in [1.807, 2.05) is 0 Å². The van der Waals surface area contributed by atoms with Crippen molar-refractivity contribution in [1.29, 1.82) is 0 Å². The molecule has 0 radical (unpaired) electrons. The van der Waals surface area contributed by atoms with E-state index in [-0.39, 0.29) is 6.29 Å². The van der Waals surface area contributed by atoms with E-state index in [0.717, 1.165) is 18.5 Å². The molecule has 0 aromatic heterocycles. The van der Waals surface area contributed by atoms with Crippen LogP contribution < -0.4 is 0 Å². The Morgan fingerprint density at radius 2 is 1.83 bits per heavy atom. The van der Waals surface area contributed by atoms with Crippen molar-refractivity contribution in [3.63, 3.8) is 0 Å². The van der Waals surface area contributed by atoms with E-state index in [9.17, 15) is 0 Å². The predicted molar refractivity (Wildman–Crippen MR) is 52.5 cm³/mol. The minimum Gasteiger partial charge on any atom is -0.352 e. The zero-order valence-corrected chi connectivity index (χ0v) is 9.18. The van der Waals surface area contributed by atoms with Gasteiger partial charge in [0.15, 0.2) is 6.29 Å². The molecule has 2 nitrogen and oxygen atoms in total. The molecule has 1 atom stereocenters. The van der Waals surface area contributed by atoms with Crippen LogP contribution in [0.25, 0.3) is 0 Å². The summed E-state index contributed by atoms with van der Waals surface area (Å²) in [6, 6.07) is 0. The van der Waals surface area contributed by atoms with Crippen molar-refractivity contribution in [1.82, 2.24) is 0 Å². The molecule has 0 amide bonds. The molecule has 0 aromatic rings. The van der Waals surface area contributed by atoms with Gasteiger partial charge >= 0.3 is 0 Å². The Morgan fingerprint density at radius 1 is 1.25 bits per heavy atom. The van der Waals surface area contributed by atoms with Crippen LogP contribution in [0.2, 0.25) is 0 Å². The summed E-state index contributed by atoms with van der Waals surface area (Å²) in [5, 5.41) is 0.942. The molecule has 1 aliphatic rings. The summed E-state index contributed by atoms with van der Waals surface area (Å²) < 4.78 is 11.2. The molecular formula is C9H17BrO2. The van der Waals surface area contributed by atoms with E-state index >= 15 is 0 Å². The quantitative estimate of drug-likeness (QED) is 0.687. The number of hydrogen-bond acceptors (Lipinski definition) is 2. The maximum Gasteiger partial charge on any atom is 0.160 e. The molecule has 1 fully saturated rings. The van der Waals surface area contributed by atoms with Gasteiger partial charge in [-0.1, -0.05) is 22.9 Å². The highest BCUT2D eigenvalue weighted by Crippen LogP contribution is 2.15. The summed E-state index contributed by atoms with van der Waals surface area (Å²) in [5.74, 6) is 0.447. The zero-order chi connectivity index (χ0) is 8.81. The van der Waals surface area contributed by atoms with Crippen molar-refractivity contribution in [2.75, 3.05) is 18.5 Å². The summed E-state index contributed by atoms with van der Waals surface area (Å²) in [5.41, 5.74) is 0. The zero-order valence-electron chi connectivity index (χ0n) is 7.59. The summed E-state index contributed by atoms with van der Waals surface area (Å²) in [4.78, 5) is 0. The van der Waals surface area contributed by atoms with E-state index < -0.39 is 0 Å². The smallest absolute Gasteiger partial charge is 0.160 e. The van der Waals surface area contributed by atoms with E-state index in [2.05, 4.69) is 22.9 Å². The van der Waals surface area contributed by atoms with Gasteiger partial charge in [0.2, 0.25) is 0 Å². The highest BCUT2D eigenvalue weighted by Gasteiger charge is 2.18. The van der Waals surface area contributed by atoms with Gasteiger partial charge in [-0.05, 0) is 19.3 Å². The molecule has 0 saturated carbocycles. The molecule has 3 heteroatoms. The van der Waals surface area contributed by atoms with Crippen LogP contribution in [-0.2, 0) is 9.47 Å². The van der Waals surface area contributed by atoms with Crippen molar-refractivity contribution < 1.29 is 9.47 Å². The van der Waals surface area contributed by atoms with Gasteiger partial charge in [0.1, 0.15) is 0 Å². The van der Waals surface area contributed by atoms with Crippen molar-refractivity contribution in [3.8, 4) is 0 Å². The topological polar surface area (TPSA) is 18.5 Å². The maximum absolute atomic E-state index is 5.58. The van der Waals surface area contributed by atoms with Crippen LogP contribution in [0.1, 0.15) is 26.2 Å². The Morgan fingerprint density at radius 3 is 2.33 bits per heavy atom.